The van der Waals surface area contributed by atoms with Crippen LogP contribution in [0.3, 0.4) is 0 Å². The zero-order valence-electron chi connectivity index (χ0n) is 26.4. The van der Waals surface area contributed by atoms with E-state index in [1.807, 2.05) is 30.5 Å². The third kappa shape index (κ3) is 6.17. The molecule has 232 valence electrons. The number of aryl methyl sites for hydroxylation is 2. The van der Waals surface area contributed by atoms with Crippen LogP contribution in [0, 0.1) is 26.0 Å². The number of para-hydroxylation sites is 1. The summed E-state index contributed by atoms with van der Waals surface area (Å²) in [5.74, 6) is 2.10. The van der Waals surface area contributed by atoms with Crippen molar-refractivity contribution in [2.45, 2.75) is 52.9 Å². The number of ether oxygens (including phenoxy) is 1. The van der Waals surface area contributed by atoms with Crippen molar-refractivity contribution in [1.29, 1.82) is 0 Å². The first-order valence-corrected chi connectivity index (χ1v) is 15.8. The summed E-state index contributed by atoms with van der Waals surface area (Å²) in [6.07, 6.45) is 7.57. The fraction of sp³-hybridized carbons (Fsp3) is 0.200. The molecule has 0 amide bonds. The SMILES string of the molecule is CCCCCCc1c(-c2ccccc2)c(C)nn1-c1[c-]c(Oc2[c-]c3c(cc2)c2ccccc2n3-c2cc(C)ccn2)ccc1.[Pt+2]. The number of fused-ring (bicyclic) bond motifs is 3. The Kier molecular flexibility index (Phi) is 9.51. The van der Waals surface area contributed by atoms with Gasteiger partial charge in [0, 0.05) is 34.5 Å². The van der Waals surface area contributed by atoms with E-state index >= 15 is 0 Å². The van der Waals surface area contributed by atoms with Crippen LogP contribution in [0.25, 0.3) is 44.4 Å². The van der Waals surface area contributed by atoms with E-state index in [2.05, 4.69) is 115 Å². The van der Waals surface area contributed by atoms with E-state index < -0.39 is 0 Å². The molecule has 7 rings (SSSR count). The van der Waals surface area contributed by atoms with Crippen LogP contribution in [0.2, 0.25) is 0 Å². The minimum atomic E-state index is 0. The zero-order valence-corrected chi connectivity index (χ0v) is 28.6. The summed E-state index contributed by atoms with van der Waals surface area (Å²) in [5, 5.41) is 7.29. The van der Waals surface area contributed by atoms with Gasteiger partial charge < -0.3 is 9.30 Å². The van der Waals surface area contributed by atoms with Gasteiger partial charge >= 0.3 is 21.1 Å². The van der Waals surface area contributed by atoms with Gasteiger partial charge in [-0.3, -0.25) is 4.68 Å². The summed E-state index contributed by atoms with van der Waals surface area (Å²) in [6.45, 7) is 6.43. The van der Waals surface area contributed by atoms with Gasteiger partial charge in [-0.1, -0.05) is 80.2 Å². The number of hydrogen-bond donors (Lipinski definition) is 0. The van der Waals surface area contributed by atoms with Crippen LogP contribution >= 0.6 is 0 Å². The minimum absolute atomic E-state index is 0. The molecule has 3 aromatic heterocycles. The van der Waals surface area contributed by atoms with Crippen molar-refractivity contribution in [2.75, 3.05) is 0 Å². The van der Waals surface area contributed by atoms with Crippen LogP contribution < -0.4 is 4.74 Å². The van der Waals surface area contributed by atoms with E-state index in [1.165, 1.54) is 36.1 Å². The van der Waals surface area contributed by atoms with Gasteiger partial charge in [-0.25, -0.2) is 4.98 Å². The zero-order chi connectivity index (χ0) is 30.8. The molecule has 3 heterocycles. The van der Waals surface area contributed by atoms with Crippen molar-refractivity contribution >= 4 is 21.8 Å². The molecular weight excluding hydrogens is 748 g/mol. The second-order valence-corrected chi connectivity index (χ2v) is 11.6. The summed E-state index contributed by atoms with van der Waals surface area (Å²) >= 11 is 0. The number of hydrogen-bond acceptors (Lipinski definition) is 3. The molecular formula is C40H36N4OPt. The van der Waals surface area contributed by atoms with Gasteiger partial charge in [0.15, 0.2) is 0 Å². The first-order valence-electron chi connectivity index (χ1n) is 15.8. The molecule has 0 radical (unpaired) electrons. The van der Waals surface area contributed by atoms with Crippen LogP contribution in [-0.2, 0) is 27.5 Å². The maximum atomic E-state index is 6.45. The molecule has 0 fully saturated rings. The Morgan fingerprint density at radius 2 is 1.57 bits per heavy atom. The Hall–Kier alpha value is -4.47. The maximum absolute atomic E-state index is 6.45. The molecule has 5 nitrogen and oxygen atoms in total. The third-order valence-corrected chi connectivity index (χ3v) is 8.37. The van der Waals surface area contributed by atoms with Crippen molar-refractivity contribution in [3.63, 3.8) is 0 Å². The summed E-state index contributed by atoms with van der Waals surface area (Å²) < 4.78 is 10.7. The van der Waals surface area contributed by atoms with Gasteiger partial charge in [-0.2, -0.15) is 17.2 Å². The van der Waals surface area contributed by atoms with Crippen LogP contribution in [-0.4, -0.2) is 19.3 Å². The molecule has 4 aromatic carbocycles. The van der Waals surface area contributed by atoms with Gasteiger partial charge in [-0.15, -0.1) is 35.7 Å². The topological polar surface area (TPSA) is 44.9 Å². The molecule has 0 bridgehead atoms. The minimum Gasteiger partial charge on any atom is -0.509 e. The number of rotatable bonds is 10. The molecule has 0 aliphatic heterocycles. The van der Waals surface area contributed by atoms with Gasteiger partial charge in [0.25, 0.3) is 0 Å². The average molecular weight is 784 g/mol. The van der Waals surface area contributed by atoms with E-state index in [0.717, 1.165) is 57.4 Å². The molecule has 0 aliphatic carbocycles. The first kappa shape index (κ1) is 31.5. The van der Waals surface area contributed by atoms with Crippen molar-refractivity contribution in [3.8, 4) is 34.1 Å². The van der Waals surface area contributed by atoms with Crippen molar-refractivity contribution in [2.24, 2.45) is 0 Å². The van der Waals surface area contributed by atoms with Crippen LogP contribution in [0.1, 0.15) is 49.6 Å². The second-order valence-electron chi connectivity index (χ2n) is 11.6. The van der Waals surface area contributed by atoms with Crippen molar-refractivity contribution in [3.05, 3.63) is 132 Å². The molecule has 0 spiro atoms. The molecule has 6 heteroatoms. The van der Waals surface area contributed by atoms with Crippen molar-refractivity contribution in [1.82, 2.24) is 19.3 Å². The van der Waals surface area contributed by atoms with Gasteiger partial charge in [0.05, 0.1) is 5.69 Å². The summed E-state index contributed by atoms with van der Waals surface area (Å²) in [5.41, 5.74) is 8.66. The summed E-state index contributed by atoms with van der Waals surface area (Å²) in [6, 6.07) is 40.2. The third-order valence-electron chi connectivity index (χ3n) is 8.37. The molecule has 46 heavy (non-hydrogen) atoms. The summed E-state index contributed by atoms with van der Waals surface area (Å²) in [4.78, 5) is 4.70. The quantitative estimate of drug-likeness (QED) is 0.103. The van der Waals surface area contributed by atoms with Crippen LogP contribution in [0.15, 0.2) is 103 Å². The normalized spacial score (nSPS) is 11.2. The Balaban J connectivity index is 0.00000372. The number of nitrogens with zero attached hydrogens (tertiary/aromatic N) is 4. The number of aromatic nitrogens is 4. The predicted molar refractivity (Wildman–Crippen MR) is 183 cm³/mol. The number of unbranched alkanes of at least 4 members (excludes halogenated alkanes) is 3. The second kappa shape index (κ2) is 13.9. The van der Waals surface area contributed by atoms with Crippen molar-refractivity contribution < 1.29 is 25.8 Å². The number of benzene rings is 4. The predicted octanol–water partition coefficient (Wildman–Crippen LogP) is 10.2. The van der Waals surface area contributed by atoms with E-state index in [9.17, 15) is 0 Å². The smallest absolute Gasteiger partial charge is 0.509 e. The van der Waals surface area contributed by atoms with E-state index in [4.69, 9.17) is 14.8 Å². The Labute approximate surface area is 285 Å². The molecule has 0 N–H and O–H groups in total. The maximum Gasteiger partial charge on any atom is 2.00 e. The van der Waals surface area contributed by atoms with E-state index in [1.54, 1.807) is 0 Å². The Bertz CT molecular complexity index is 2110. The van der Waals surface area contributed by atoms with E-state index in [0.29, 0.717) is 11.5 Å². The molecule has 0 aliphatic rings. The van der Waals surface area contributed by atoms with Crippen LogP contribution in [0.5, 0.6) is 11.5 Å². The Morgan fingerprint density at radius 1 is 0.761 bits per heavy atom. The standard InChI is InChI=1S/C40H36N4O.Pt/c1-4-5-6-10-20-37-40(30-14-8-7-9-15-30)29(3)42-44(37)31-16-13-17-32(26-31)45-33-21-22-35-34-18-11-12-19-36(34)43(38(35)27-33)39-25-28(2)23-24-41-39;/h7-9,11-19,21-25H,4-6,10,20H2,1-3H3;/q-2;+2. The molecule has 0 saturated heterocycles. The fourth-order valence-electron chi connectivity index (χ4n) is 6.26. The van der Waals surface area contributed by atoms with Gasteiger partial charge in [0.2, 0.25) is 0 Å². The monoisotopic (exact) mass is 783 g/mol. The average Bonchev–Trinajstić information content (AvgIpc) is 3.57. The van der Waals surface area contributed by atoms with E-state index in [-0.39, 0.29) is 21.1 Å². The largest absolute Gasteiger partial charge is 2.00 e. The van der Waals surface area contributed by atoms with Gasteiger partial charge in [0.1, 0.15) is 5.82 Å². The molecule has 0 saturated carbocycles. The molecule has 7 aromatic rings. The Morgan fingerprint density at radius 3 is 2.39 bits per heavy atom. The molecule has 0 unspecified atom stereocenters. The fourth-order valence-corrected chi connectivity index (χ4v) is 6.26. The molecule has 0 atom stereocenters. The van der Waals surface area contributed by atoms with Gasteiger partial charge in [-0.05, 0) is 67.1 Å². The number of pyridine rings is 1. The summed E-state index contributed by atoms with van der Waals surface area (Å²) in [7, 11) is 0. The first-order chi connectivity index (χ1) is 22.1. The van der Waals surface area contributed by atoms with Crippen LogP contribution in [0.4, 0.5) is 0 Å².